The first-order valence-electron chi connectivity index (χ1n) is 5.96. The zero-order valence-corrected chi connectivity index (χ0v) is 12.1. The molecule has 0 aliphatic rings. The van der Waals surface area contributed by atoms with Gasteiger partial charge in [0.25, 0.3) is 5.91 Å². The number of aliphatic imine (C=N–C) groups is 1. The number of ether oxygens (including phenoxy) is 1. The highest BCUT2D eigenvalue weighted by atomic mass is 35.5. The summed E-state index contributed by atoms with van der Waals surface area (Å²) in [6, 6.07) is 7.31. The number of hydrogen-bond acceptors (Lipinski definition) is 2. The molecule has 1 aromatic carbocycles. The Hall–Kier alpha value is -2.21. The van der Waals surface area contributed by atoms with Crippen LogP contribution in [0.2, 0.25) is 0 Å². The number of fused-ring (bicyclic) bond motifs is 1. The van der Waals surface area contributed by atoms with Crippen molar-refractivity contribution in [3.05, 3.63) is 30.0 Å². The van der Waals surface area contributed by atoms with E-state index < -0.39 is 5.91 Å². The zero-order chi connectivity index (χ0) is 13.8. The van der Waals surface area contributed by atoms with E-state index >= 15 is 0 Å². The maximum atomic E-state index is 11.8. The van der Waals surface area contributed by atoms with Crippen molar-refractivity contribution in [3.8, 4) is 5.75 Å². The normalized spacial score (nSPS) is 11.0. The third-order valence-electron chi connectivity index (χ3n) is 2.61. The Kier molecular flexibility index (Phi) is 5.40. The summed E-state index contributed by atoms with van der Waals surface area (Å²) >= 11 is 0. The SMILES string of the molecule is CCOc1ccc2[nH]c(C(=O)N=C(N)NC)cc2c1.Cl. The predicted molar refractivity (Wildman–Crippen MR) is 81.7 cm³/mol. The van der Waals surface area contributed by atoms with E-state index in [4.69, 9.17) is 10.5 Å². The van der Waals surface area contributed by atoms with Gasteiger partial charge in [0, 0.05) is 18.0 Å². The minimum atomic E-state index is -0.416. The molecule has 0 aliphatic heterocycles. The summed E-state index contributed by atoms with van der Waals surface area (Å²) in [4.78, 5) is 18.5. The molecular formula is C13H17ClN4O2. The number of nitrogens with one attached hydrogen (secondary N) is 2. The van der Waals surface area contributed by atoms with Gasteiger partial charge in [-0.2, -0.15) is 4.99 Å². The van der Waals surface area contributed by atoms with Crippen LogP contribution >= 0.6 is 12.4 Å². The first kappa shape index (κ1) is 15.8. The highest BCUT2D eigenvalue weighted by molar-refractivity contribution is 6.04. The monoisotopic (exact) mass is 296 g/mol. The Labute approximate surface area is 122 Å². The second-order valence-electron chi connectivity index (χ2n) is 3.92. The number of amides is 1. The number of nitrogens with two attached hydrogens (primary N) is 1. The van der Waals surface area contributed by atoms with Crippen molar-refractivity contribution >= 4 is 35.2 Å². The molecule has 108 valence electrons. The van der Waals surface area contributed by atoms with Gasteiger partial charge >= 0.3 is 0 Å². The highest BCUT2D eigenvalue weighted by Gasteiger charge is 2.09. The summed E-state index contributed by atoms with van der Waals surface area (Å²) in [5.74, 6) is 0.436. The molecule has 0 radical (unpaired) electrons. The molecule has 0 saturated carbocycles. The molecule has 0 fully saturated rings. The maximum Gasteiger partial charge on any atom is 0.296 e. The van der Waals surface area contributed by atoms with Crippen LogP contribution < -0.4 is 15.8 Å². The van der Waals surface area contributed by atoms with Crippen LogP contribution in [0.3, 0.4) is 0 Å². The van der Waals surface area contributed by atoms with Crippen molar-refractivity contribution in [1.29, 1.82) is 0 Å². The van der Waals surface area contributed by atoms with Crippen molar-refractivity contribution in [2.75, 3.05) is 13.7 Å². The molecule has 2 aromatic rings. The fourth-order valence-corrected chi connectivity index (χ4v) is 1.71. The summed E-state index contributed by atoms with van der Waals surface area (Å²) < 4.78 is 5.41. The molecule has 1 aromatic heterocycles. The molecule has 0 unspecified atom stereocenters. The molecule has 20 heavy (non-hydrogen) atoms. The van der Waals surface area contributed by atoms with E-state index in [1.807, 2.05) is 25.1 Å². The minimum Gasteiger partial charge on any atom is -0.494 e. The van der Waals surface area contributed by atoms with Crippen LogP contribution in [0.1, 0.15) is 17.4 Å². The number of carbonyl (C=O) groups excluding carboxylic acids is 1. The largest absolute Gasteiger partial charge is 0.494 e. The number of halogens is 1. The van der Waals surface area contributed by atoms with Crippen molar-refractivity contribution in [2.45, 2.75) is 6.92 Å². The standard InChI is InChI=1S/C13H16N4O2.ClH/c1-3-19-9-4-5-10-8(6-9)7-11(16-10)12(18)17-13(14)15-2;/h4-7,16H,3H2,1-2H3,(H3,14,15,17,18);1H. The number of hydrogen-bond donors (Lipinski definition) is 3. The molecule has 6 nitrogen and oxygen atoms in total. The molecular weight excluding hydrogens is 280 g/mol. The van der Waals surface area contributed by atoms with E-state index in [9.17, 15) is 4.79 Å². The maximum absolute atomic E-state index is 11.8. The molecule has 7 heteroatoms. The average Bonchev–Trinajstić information content (AvgIpc) is 2.82. The van der Waals surface area contributed by atoms with Crippen LogP contribution in [0, 0.1) is 0 Å². The van der Waals surface area contributed by atoms with E-state index in [0.717, 1.165) is 16.7 Å². The number of H-pyrrole nitrogens is 1. The van der Waals surface area contributed by atoms with Crippen LogP contribution in [0.5, 0.6) is 5.75 Å². The summed E-state index contributed by atoms with van der Waals surface area (Å²) in [6.45, 7) is 2.52. The van der Waals surface area contributed by atoms with Gasteiger partial charge < -0.3 is 20.8 Å². The van der Waals surface area contributed by atoms with Crippen molar-refractivity contribution < 1.29 is 9.53 Å². The third kappa shape index (κ3) is 3.42. The van der Waals surface area contributed by atoms with E-state index in [-0.39, 0.29) is 18.4 Å². The smallest absolute Gasteiger partial charge is 0.296 e. The molecule has 2 rings (SSSR count). The van der Waals surface area contributed by atoms with Crippen LogP contribution in [0.25, 0.3) is 10.9 Å². The van der Waals surface area contributed by atoms with Gasteiger partial charge in [-0.3, -0.25) is 4.79 Å². The average molecular weight is 297 g/mol. The first-order valence-corrected chi connectivity index (χ1v) is 5.96. The Morgan fingerprint density at radius 2 is 2.20 bits per heavy atom. The molecule has 0 atom stereocenters. The third-order valence-corrected chi connectivity index (χ3v) is 2.61. The van der Waals surface area contributed by atoms with Gasteiger partial charge in [0.1, 0.15) is 11.4 Å². The van der Waals surface area contributed by atoms with Crippen molar-refractivity contribution in [1.82, 2.24) is 10.3 Å². The van der Waals surface area contributed by atoms with Gasteiger partial charge in [0.15, 0.2) is 5.96 Å². The van der Waals surface area contributed by atoms with Gasteiger partial charge in [-0.05, 0) is 31.2 Å². The van der Waals surface area contributed by atoms with Gasteiger partial charge in [-0.25, -0.2) is 0 Å². The van der Waals surface area contributed by atoms with Crippen LogP contribution in [0.15, 0.2) is 29.3 Å². The Bertz CT molecular complexity index is 636. The molecule has 0 aliphatic carbocycles. The number of rotatable bonds is 3. The van der Waals surface area contributed by atoms with Crippen LogP contribution in [0.4, 0.5) is 0 Å². The molecule has 1 heterocycles. The number of guanidine groups is 1. The molecule has 1 amide bonds. The summed E-state index contributed by atoms with van der Waals surface area (Å²) in [5, 5.41) is 3.49. The summed E-state index contributed by atoms with van der Waals surface area (Å²) in [7, 11) is 1.60. The van der Waals surface area contributed by atoms with E-state index in [2.05, 4.69) is 15.3 Å². The highest BCUT2D eigenvalue weighted by Crippen LogP contribution is 2.22. The number of nitrogens with zero attached hydrogens (tertiary/aromatic N) is 1. The second-order valence-corrected chi connectivity index (χ2v) is 3.92. The van der Waals surface area contributed by atoms with Crippen LogP contribution in [-0.4, -0.2) is 30.5 Å². The van der Waals surface area contributed by atoms with Crippen molar-refractivity contribution in [2.24, 2.45) is 10.7 Å². The summed E-state index contributed by atoms with van der Waals surface area (Å²) in [5.41, 5.74) is 6.70. The van der Waals surface area contributed by atoms with E-state index in [0.29, 0.717) is 12.3 Å². The lowest BCUT2D eigenvalue weighted by Gasteiger charge is -2.01. The Morgan fingerprint density at radius 3 is 2.85 bits per heavy atom. The fraction of sp³-hybridized carbons (Fsp3) is 0.231. The second kappa shape index (κ2) is 6.81. The topological polar surface area (TPSA) is 92.5 Å². The van der Waals surface area contributed by atoms with E-state index in [1.54, 1.807) is 13.1 Å². The minimum absolute atomic E-state index is 0. The van der Waals surface area contributed by atoms with Gasteiger partial charge in [0.2, 0.25) is 0 Å². The number of aromatic amines is 1. The van der Waals surface area contributed by atoms with Gasteiger partial charge in [-0.1, -0.05) is 0 Å². The summed E-state index contributed by atoms with van der Waals surface area (Å²) in [6.07, 6.45) is 0. The van der Waals surface area contributed by atoms with Crippen molar-refractivity contribution in [3.63, 3.8) is 0 Å². The number of benzene rings is 1. The Morgan fingerprint density at radius 1 is 1.45 bits per heavy atom. The molecule has 0 saturated heterocycles. The Balaban J connectivity index is 0.00000200. The quantitative estimate of drug-likeness (QED) is 0.593. The predicted octanol–water partition coefficient (Wildman–Crippen LogP) is 1.66. The lowest BCUT2D eigenvalue weighted by atomic mass is 10.2. The van der Waals surface area contributed by atoms with Crippen LogP contribution in [-0.2, 0) is 0 Å². The molecule has 0 bridgehead atoms. The molecule has 0 spiro atoms. The van der Waals surface area contributed by atoms with E-state index in [1.165, 1.54) is 0 Å². The zero-order valence-electron chi connectivity index (χ0n) is 11.3. The number of carbonyl (C=O) groups is 1. The fourth-order valence-electron chi connectivity index (χ4n) is 1.71. The molecule has 4 N–H and O–H groups in total. The lowest BCUT2D eigenvalue weighted by molar-refractivity contribution is 0.0998. The van der Waals surface area contributed by atoms with Gasteiger partial charge in [0.05, 0.1) is 6.61 Å². The van der Waals surface area contributed by atoms with Gasteiger partial charge in [-0.15, -0.1) is 12.4 Å². The number of aromatic nitrogens is 1. The first-order chi connectivity index (χ1) is 9.13. The lowest BCUT2D eigenvalue weighted by Crippen LogP contribution is -2.28.